The summed E-state index contributed by atoms with van der Waals surface area (Å²) in [6.45, 7) is 12.1. The van der Waals surface area contributed by atoms with Gasteiger partial charge in [-0.3, -0.25) is 14.4 Å². The first-order chi connectivity index (χ1) is 16.4. The number of hydrogen-bond donors (Lipinski definition) is 1. The number of Topliss-reactive ketones (excluding diaryl/α,β-unsaturated/α-hetero) is 2. The minimum absolute atomic E-state index is 0.0221. The summed E-state index contributed by atoms with van der Waals surface area (Å²) < 4.78 is 4.11. The van der Waals surface area contributed by atoms with Crippen molar-refractivity contribution in [3.8, 4) is 0 Å². The highest BCUT2D eigenvalue weighted by atomic mass is 16.5. The maximum Gasteiger partial charge on any atom is 0.302 e. The predicted molar refractivity (Wildman–Crippen MR) is 137 cm³/mol. The van der Waals surface area contributed by atoms with E-state index in [0.717, 1.165) is 40.8 Å². The molecule has 188 valence electrons. The van der Waals surface area contributed by atoms with Crippen molar-refractivity contribution in [1.82, 2.24) is 0 Å². The topological polar surface area (TPSA) is 80.7 Å². The SMILES string of the molecule is CC1=C(O)C(=O)C=c2c1ccc1c2=C(C)C(=O)C2C3CC(C)CCC3(C)CCC12C.COC(C)=O. The smallest absolute Gasteiger partial charge is 0.302 e. The Labute approximate surface area is 207 Å². The number of esters is 1. The van der Waals surface area contributed by atoms with Crippen LogP contribution >= 0.6 is 0 Å². The van der Waals surface area contributed by atoms with Gasteiger partial charge in [0, 0.05) is 29.4 Å². The van der Waals surface area contributed by atoms with Crippen LogP contribution in [0.3, 0.4) is 0 Å². The average Bonchev–Trinajstić information content (AvgIpc) is 2.82. The van der Waals surface area contributed by atoms with Crippen LogP contribution in [0.2, 0.25) is 0 Å². The van der Waals surface area contributed by atoms with E-state index in [4.69, 9.17) is 0 Å². The Morgan fingerprint density at radius 1 is 1.09 bits per heavy atom. The van der Waals surface area contributed by atoms with Crippen molar-refractivity contribution >= 4 is 34.8 Å². The van der Waals surface area contributed by atoms with Crippen molar-refractivity contribution in [1.29, 1.82) is 0 Å². The zero-order chi connectivity index (χ0) is 25.9. The molecule has 1 aromatic carbocycles. The number of aliphatic hydroxyl groups excluding tert-OH is 1. The molecule has 0 aromatic heterocycles. The van der Waals surface area contributed by atoms with Gasteiger partial charge in [-0.15, -0.1) is 0 Å². The fourth-order valence-electron chi connectivity index (χ4n) is 7.21. The molecule has 2 saturated carbocycles. The summed E-state index contributed by atoms with van der Waals surface area (Å²) in [5.74, 6) is 0.599. The molecular weight excluding hydrogens is 440 g/mol. The van der Waals surface area contributed by atoms with E-state index in [1.54, 1.807) is 6.92 Å². The summed E-state index contributed by atoms with van der Waals surface area (Å²) in [5, 5.41) is 11.9. The van der Waals surface area contributed by atoms with E-state index in [1.165, 1.54) is 38.5 Å². The summed E-state index contributed by atoms with van der Waals surface area (Å²) in [7, 11) is 1.35. The number of aliphatic hydroxyl groups is 1. The summed E-state index contributed by atoms with van der Waals surface area (Å²) in [6.07, 6.45) is 7.33. The Morgan fingerprint density at radius 2 is 1.74 bits per heavy atom. The van der Waals surface area contributed by atoms with E-state index in [1.807, 2.05) is 13.0 Å². The fraction of sp³-hybridized carbons (Fsp3) is 0.567. The fourth-order valence-corrected chi connectivity index (χ4v) is 7.21. The standard InChI is InChI=1S/C27H32O3.C3H6O2/c1-14-8-9-26(4)10-11-27(5)19-7-6-17-15(2)24(29)21(28)13-18(17)22(19)16(3)25(30)23(27)20(26)12-14;1-3(4)5-2/h6-7,13-14,20,23,29H,8-12H2,1-5H3;1-2H3. The van der Waals surface area contributed by atoms with Crippen molar-refractivity contribution < 1.29 is 24.2 Å². The first-order valence-corrected chi connectivity index (χ1v) is 12.7. The third-order valence-electron chi connectivity index (χ3n) is 9.51. The Kier molecular flexibility index (Phi) is 6.36. The van der Waals surface area contributed by atoms with Crippen LogP contribution in [0.15, 0.2) is 17.9 Å². The van der Waals surface area contributed by atoms with Gasteiger partial charge in [0.1, 0.15) is 0 Å². The summed E-state index contributed by atoms with van der Waals surface area (Å²) in [4.78, 5) is 35.9. The molecule has 0 aliphatic heterocycles. The molecule has 35 heavy (non-hydrogen) atoms. The highest BCUT2D eigenvalue weighted by molar-refractivity contribution is 6.22. The molecule has 0 radical (unpaired) electrons. The lowest BCUT2D eigenvalue weighted by molar-refractivity contribution is -0.138. The summed E-state index contributed by atoms with van der Waals surface area (Å²) >= 11 is 0. The third-order valence-corrected chi connectivity index (χ3v) is 9.51. The maximum atomic E-state index is 13.9. The van der Waals surface area contributed by atoms with Gasteiger partial charge in [-0.05, 0) is 84.4 Å². The lowest BCUT2D eigenvalue weighted by atomic mass is 9.45. The lowest BCUT2D eigenvalue weighted by Gasteiger charge is -2.58. The van der Waals surface area contributed by atoms with Crippen LogP contribution in [0.5, 0.6) is 0 Å². The molecule has 5 rings (SSSR count). The predicted octanol–water partition coefficient (Wildman–Crippen LogP) is 4.38. The number of carbonyl (C=O) groups excluding carboxylic acids is 3. The van der Waals surface area contributed by atoms with Gasteiger partial charge in [0.25, 0.3) is 0 Å². The number of rotatable bonds is 0. The van der Waals surface area contributed by atoms with Gasteiger partial charge in [-0.2, -0.15) is 0 Å². The van der Waals surface area contributed by atoms with E-state index in [0.29, 0.717) is 17.4 Å². The van der Waals surface area contributed by atoms with E-state index in [-0.39, 0.29) is 40.0 Å². The number of benzene rings is 1. The van der Waals surface area contributed by atoms with Crippen molar-refractivity contribution in [2.75, 3.05) is 7.11 Å². The van der Waals surface area contributed by atoms with Gasteiger partial charge >= 0.3 is 5.97 Å². The van der Waals surface area contributed by atoms with Gasteiger partial charge in [0.2, 0.25) is 5.78 Å². The van der Waals surface area contributed by atoms with Crippen LogP contribution in [0.4, 0.5) is 0 Å². The number of fused-ring (bicyclic) bond motifs is 7. The molecule has 0 heterocycles. The molecule has 5 atom stereocenters. The second kappa shape index (κ2) is 8.76. The van der Waals surface area contributed by atoms with Crippen LogP contribution < -0.4 is 10.4 Å². The second-order valence-electron chi connectivity index (χ2n) is 11.7. The molecule has 0 saturated heterocycles. The van der Waals surface area contributed by atoms with Gasteiger partial charge < -0.3 is 9.84 Å². The molecule has 4 aliphatic rings. The number of ether oxygens (including phenoxy) is 1. The minimum Gasteiger partial charge on any atom is -0.504 e. The number of hydrogen-bond acceptors (Lipinski definition) is 5. The Hall–Kier alpha value is -2.69. The monoisotopic (exact) mass is 478 g/mol. The quantitative estimate of drug-likeness (QED) is 0.560. The minimum atomic E-state index is -0.363. The van der Waals surface area contributed by atoms with Crippen LogP contribution in [0, 0.1) is 23.2 Å². The molecule has 0 bridgehead atoms. The van der Waals surface area contributed by atoms with Crippen molar-refractivity contribution in [3.05, 3.63) is 39.5 Å². The van der Waals surface area contributed by atoms with Crippen LogP contribution in [-0.2, 0) is 24.5 Å². The van der Waals surface area contributed by atoms with Crippen molar-refractivity contribution in [2.24, 2.45) is 23.2 Å². The maximum absolute atomic E-state index is 13.9. The number of methoxy groups -OCH3 is 1. The number of ketones is 2. The highest BCUT2D eigenvalue weighted by Gasteiger charge is 2.58. The molecule has 2 fully saturated rings. The van der Waals surface area contributed by atoms with Crippen LogP contribution in [0.1, 0.15) is 84.8 Å². The molecule has 1 N–H and O–H groups in total. The molecule has 4 aliphatic carbocycles. The number of allylic oxidation sites excluding steroid dienone is 2. The summed E-state index contributed by atoms with van der Waals surface area (Å²) in [6, 6.07) is 4.22. The molecule has 1 aromatic rings. The Bertz CT molecular complexity index is 1270. The van der Waals surface area contributed by atoms with E-state index in [9.17, 15) is 19.5 Å². The second-order valence-corrected chi connectivity index (χ2v) is 11.7. The average molecular weight is 479 g/mol. The lowest BCUT2D eigenvalue weighted by Crippen LogP contribution is -2.59. The van der Waals surface area contributed by atoms with Crippen molar-refractivity contribution in [2.45, 2.75) is 79.1 Å². The first-order valence-electron chi connectivity index (χ1n) is 12.7. The molecule has 5 unspecified atom stereocenters. The normalized spacial score (nSPS) is 33.3. The van der Waals surface area contributed by atoms with E-state index in [2.05, 4.69) is 31.6 Å². The van der Waals surface area contributed by atoms with Crippen LogP contribution in [-0.4, -0.2) is 29.8 Å². The molecule has 5 nitrogen and oxygen atoms in total. The van der Waals surface area contributed by atoms with Gasteiger partial charge in [-0.25, -0.2) is 0 Å². The Morgan fingerprint density at radius 3 is 2.37 bits per heavy atom. The summed E-state index contributed by atoms with van der Waals surface area (Å²) in [5.41, 5.74) is 3.55. The highest BCUT2D eigenvalue weighted by Crippen LogP contribution is 2.60. The largest absolute Gasteiger partial charge is 0.504 e. The van der Waals surface area contributed by atoms with E-state index >= 15 is 0 Å². The zero-order valence-corrected chi connectivity index (χ0v) is 22.1. The van der Waals surface area contributed by atoms with Crippen molar-refractivity contribution in [3.63, 3.8) is 0 Å². The molecule has 0 amide bonds. The number of carbonyl (C=O) groups is 3. The molecular formula is C30H38O5. The van der Waals surface area contributed by atoms with Gasteiger partial charge in [0.05, 0.1) is 7.11 Å². The molecule has 5 heteroatoms. The zero-order valence-electron chi connectivity index (χ0n) is 22.1. The van der Waals surface area contributed by atoms with Gasteiger partial charge in [0.15, 0.2) is 11.5 Å². The Balaban J connectivity index is 0.000000527. The van der Waals surface area contributed by atoms with Gasteiger partial charge in [-0.1, -0.05) is 39.3 Å². The van der Waals surface area contributed by atoms with Crippen LogP contribution in [0.25, 0.3) is 17.2 Å². The third kappa shape index (κ3) is 3.88. The molecule has 0 spiro atoms. The van der Waals surface area contributed by atoms with E-state index < -0.39 is 0 Å². The first kappa shape index (κ1) is 25.4.